The van der Waals surface area contributed by atoms with Crippen LogP contribution in [0.2, 0.25) is 0 Å². The molecule has 1 aromatic carbocycles. The number of aromatic amines is 2. The van der Waals surface area contributed by atoms with Crippen molar-refractivity contribution < 1.29 is 0 Å². The highest BCUT2D eigenvalue weighted by Gasteiger charge is 2.17. The summed E-state index contributed by atoms with van der Waals surface area (Å²) in [4.78, 5) is 19.8. The van der Waals surface area contributed by atoms with Gasteiger partial charge in [0.25, 0.3) is 0 Å². The van der Waals surface area contributed by atoms with Gasteiger partial charge in [-0.05, 0) is 86.4 Å². The molecule has 2 N–H and O–H groups in total. The third kappa shape index (κ3) is 4.25. The van der Waals surface area contributed by atoms with Crippen molar-refractivity contribution in [2.24, 2.45) is 0 Å². The number of likely N-dealkylation sites (tertiary alicyclic amines) is 1. The van der Waals surface area contributed by atoms with E-state index < -0.39 is 0 Å². The zero-order valence-corrected chi connectivity index (χ0v) is 21.4. The van der Waals surface area contributed by atoms with Crippen molar-refractivity contribution >= 4 is 21.9 Å². The van der Waals surface area contributed by atoms with Crippen LogP contribution < -0.4 is 0 Å². The van der Waals surface area contributed by atoms with Gasteiger partial charge in [-0.3, -0.25) is 20.0 Å². The number of hydrogen-bond acceptors (Lipinski definition) is 5. The van der Waals surface area contributed by atoms with Gasteiger partial charge in [0.1, 0.15) is 11.2 Å². The van der Waals surface area contributed by atoms with Crippen LogP contribution in [0.4, 0.5) is 0 Å². The van der Waals surface area contributed by atoms with E-state index in [1.807, 2.05) is 24.5 Å². The van der Waals surface area contributed by atoms with Gasteiger partial charge in [-0.2, -0.15) is 5.10 Å². The zero-order chi connectivity index (χ0) is 25.5. The lowest BCUT2D eigenvalue weighted by Gasteiger charge is -2.26. The third-order valence-corrected chi connectivity index (χ3v) is 7.49. The standard InChI is InChI=1S/C31H29N7/c1-20-13-21(19-38-11-3-2-4-12-38)15-23(14-20)26-5-6-27-30(35-26)31(37-36-27)28-16-24-25(17-33-18-29(24)34-28)22-7-9-32-10-8-22/h5-10,13-18,34H,2-4,11-12,19H2,1H3,(H,36,37). The second kappa shape index (κ2) is 9.50. The molecule has 0 bridgehead atoms. The third-order valence-electron chi connectivity index (χ3n) is 7.49. The first-order valence-electron chi connectivity index (χ1n) is 13.3. The number of rotatable bonds is 5. The van der Waals surface area contributed by atoms with E-state index in [1.54, 1.807) is 12.4 Å². The second-order valence-electron chi connectivity index (χ2n) is 10.3. The summed E-state index contributed by atoms with van der Waals surface area (Å²) in [6.45, 7) is 5.55. The molecule has 1 saturated heterocycles. The summed E-state index contributed by atoms with van der Waals surface area (Å²) < 4.78 is 0. The molecule has 7 rings (SSSR count). The van der Waals surface area contributed by atoms with Crippen molar-refractivity contribution in [2.45, 2.75) is 32.7 Å². The van der Waals surface area contributed by atoms with E-state index in [2.05, 4.69) is 73.4 Å². The lowest BCUT2D eigenvalue weighted by molar-refractivity contribution is 0.221. The number of aryl methyl sites for hydroxylation is 1. The molecule has 7 heteroatoms. The minimum absolute atomic E-state index is 0.805. The first-order valence-corrected chi connectivity index (χ1v) is 13.3. The number of nitrogens with zero attached hydrogens (tertiary/aromatic N) is 5. The van der Waals surface area contributed by atoms with Gasteiger partial charge in [0.2, 0.25) is 0 Å². The summed E-state index contributed by atoms with van der Waals surface area (Å²) in [7, 11) is 0. The molecule has 6 aromatic rings. The number of H-pyrrole nitrogens is 2. The number of hydrogen-bond donors (Lipinski definition) is 2. The Morgan fingerprint density at radius 3 is 2.58 bits per heavy atom. The SMILES string of the molecule is Cc1cc(CN2CCCCC2)cc(-c2ccc3[nH]nc(-c4cc5c(-c6ccncc6)cncc5[nH]4)c3n2)c1. The zero-order valence-electron chi connectivity index (χ0n) is 21.4. The fraction of sp³-hybridized carbons (Fsp3) is 0.226. The second-order valence-corrected chi connectivity index (χ2v) is 10.3. The number of fused-ring (bicyclic) bond motifs is 2. The Morgan fingerprint density at radius 2 is 1.71 bits per heavy atom. The first kappa shape index (κ1) is 22.8. The Morgan fingerprint density at radius 1 is 0.842 bits per heavy atom. The van der Waals surface area contributed by atoms with Crippen molar-refractivity contribution in [3.8, 4) is 33.8 Å². The molecule has 1 fully saturated rings. The highest BCUT2D eigenvalue weighted by atomic mass is 15.1. The molecule has 0 aliphatic carbocycles. The maximum Gasteiger partial charge on any atom is 0.135 e. The Balaban J connectivity index is 1.27. The molecule has 0 unspecified atom stereocenters. The predicted octanol–water partition coefficient (Wildman–Crippen LogP) is 6.52. The Hall–Kier alpha value is -4.36. The Labute approximate surface area is 221 Å². The van der Waals surface area contributed by atoms with Crippen molar-refractivity contribution in [3.63, 3.8) is 0 Å². The molecule has 0 saturated carbocycles. The quantitative estimate of drug-likeness (QED) is 0.282. The van der Waals surface area contributed by atoms with E-state index >= 15 is 0 Å². The van der Waals surface area contributed by atoms with Gasteiger partial charge in [0.15, 0.2) is 0 Å². The molecular weight excluding hydrogens is 470 g/mol. The van der Waals surface area contributed by atoms with Gasteiger partial charge in [-0.1, -0.05) is 18.1 Å². The van der Waals surface area contributed by atoms with Crippen LogP contribution >= 0.6 is 0 Å². The topological polar surface area (TPSA) is 86.4 Å². The van der Waals surface area contributed by atoms with Crippen LogP contribution in [0.1, 0.15) is 30.4 Å². The first-order chi connectivity index (χ1) is 18.7. The van der Waals surface area contributed by atoms with Gasteiger partial charge in [-0.25, -0.2) is 4.98 Å². The number of piperidine rings is 1. The predicted molar refractivity (Wildman–Crippen MR) is 152 cm³/mol. The minimum atomic E-state index is 0.805. The van der Waals surface area contributed by atoms with Crippen LogP contribution in [0.3, 0.4) is 0 Å². The minimum Gasteiger partial charge on any atom is -0.352 e. The molecule has 0 spiro atoms. The largest absolute Gasteiger partial charge is 0.352 e. The van der Waals surface area contributed by atoms with Crippen molar-refractivity contribution in [3.05, 3.63) is 84.4 Å². The van der Waals surface area contributed by atoms with Gasteiger partial charge >= 0.3 is 0 Å². The average molecular weight is 500 g/mol. The number of pyridine rings is 3. The van der Waals surface area contributed by atoms with E-state index in [9.17, 15) is 0 Å². The van der Waals surface area contributed by atoms with E-state index in [0.29, 0.717) is 0 Å². The summed E-state index contributed by atoms with van der Waals surface area (Å²) >= 11 is 0. The fourth-order valence-electron chi connectivity index (χ4n) is 5.67. The normalized spacial score (nSPS) is 14.4. The van der Waals surface area contributed by atoms with Crippen LogP contribution in [0.25, 0.3) is 55.7 Å². The van der Waals surface area contributed by atoms with Gasteiger partial charge in [0, 0.05) is 41.6 Å². The molecule has 1 aliphatic rings. The Bertz CT molecular complexity index is 1740. The summed E-state index contributed by atoms with van der Waals surface area (Å²) in [5.41, 5.74) is 11.3. The van der Waals surface area contributed by atoms with Gasteiger partial charge in [-0.15, -0.1) is 0 Å². The fourth-order valence-corrected chi connectivity index (χ4v) is 5.67. The molecule has 0 atom stereocenters. The summed E-state index contributed by atoms with van der Waals surface area (Å²) in [6, 6.07) is 17.1. The van der Waals surface area contributed by atoms with Crippen LogP contribution in [0, 0.1) is 6.92 Å². The van der Waals surface area contributed by atoms with E-state index in [1.165, 1.54) is 43.5 Å². The van der Waals surface area contributed by atoms with Crippen LogP contribution in [-0.2, 0) is 6.54 Å². The van der Waals surface area contributed by atoms with E-state index in [4.69, 9.17) is 4.98 Å². The maximum absolute atomic E-state index is 5.11. The van der Waals surface area contributed by atoms with E-state index in [0.717, 1.165) is 62.3 Å². The molecule has 1 aliphatic heterocycles. The molecule has 188 valence electrons. The summed E-state index contributed by atoms with van der Waals surface area (Å²) in [5.74, 6) is 0. The Kier molecular flexibility index (Phi) is 5.70. The number of aromatic nitrogens is 6. The maximum atomic E-state index is 5.11. The summed E-state index contributed by atoms with van der Waals surface area (Å²) in [5, 5.41) is 8.92. The monoisotopic (exact) mass is 499 g/mol. The van der Waals surface area contributed by atoms with Crippen LogP contribution in [-0.4, -0.2) is 48.1 Å². The summed E-state index contributed by atoms with van der Waals surface area (Å²) in [6.07, 6.45) is 11.3. The van der Waals surface area contributed by atoms with Crippen molar-refractivity contribution in [1.82, 2.24) is 35.0 Å². The highest BCUT2D eigenvalue weighted by Crippen LogP contribution is 2.33. The van der Waals surface area contributed by atoms with Crippen LogP contribution in [0.5, 0.6) is 0 Å². The van der Waals surface area contributed by atoms with Crippen molar-refractivity contribution in [2.75, 3.05) is 13.1 Å². The molecule has 7 nitrogen and oxygen atoms in total. The van der Waals surface area contributed by atoms with Crippen LogP contribution in [0.15, 0.2) is 73.3 Å². The van der Waals surface area contributed by atoms with Crippen molar-refractivity contribution in [1.29, 1.82) is 0 Å². The molecule has 6 heterocycles. The number of nitrogens with one attached hydrogen (secondary N) is 2. The van der Waals surface area contributed by atoms with E-state index in [-0.39, 0.29) is 0 Å². The lowest BCUT2D eigenvalue weighted by Crippen LogP contribution is -2.29. The van der Waals surface area contributed by atoms with Gasteiger partial charge in [0.05, 0.1) is 28.6 Å². The smallest absolute Gasteiger partial charge is 0.135 e. The average Bonchev–Trinajstić information content (AvgIpc) is 3.57. The molecule has 0 radical (unpaired) electrons. The molecule has 0 amide bonds. The highest BCUT2D eigenvalue weighted by molar-refractivity contribution is 5.99. The molecule has 5 aromatic heterocycles. The molecular formula is C31H29N7. The lowest BCUT2D eigenvalue weighted by atomic mass is 10.0. The number of benzene rings is 1. The molecule has 38 heavy (non-hydrogen) atoms. The van der Waals surface area contributed by atoms with Gasteiger partial charge < -0.3 is 4.98 Å².